The van der Waals surface area contributed by atoms with Gasteiger partial charge in [0, 0.05) is 0 Å². The number of rotatable bonds is 4. The van der Waals surface area contributed by atoms with Crippen molar-refractivity contribution >= 4 is 17.7 Å². The molecule has 1 aromatic carbocycles. The highest BCUT2D eigenvalue weighted by atomic mass is 32.2. The maximum atomic E-state index is 12.4. The third-order valence-corrected chi connectivity index (χ3v) is 2.84. The monoisotopic (exact) mass is 327 g/mol. The van der Waals surface area contributed by atoms with E-state index in [9.17, 15) is 26.7 Å². The summed E-state index contributed by atoms with van der Waals surface area (Å²) in [6, 6.07) is 3.15. The Hall–Kier alpha value is -2.02. The van der Waals surface area contributed by atoms with Gasteiger partial charge in [-0.25, -0.2) is 4.79 Å². The molecule has 0 aliphatic heterocycles. The standard InChI is InChI=1S/C11H6F5NO3S/c1-19-9(18)7-5(4-17)2-3-6(21-11(14,15)16)8(7)20-10(12)13/h2-3,10H,1H3. The lowest BCUT2D eigenvalue weighted by Gasteiger charge is -2.15. The number of hydrogen-bond donors (Lipinski definition) is 0. The average Bonchev–Trinajstić information content (AvgIpc) is 2.37. The zero-order valence-electron chi connectivity index (χ0n) is 10.2. The van der Waals surface area contributed by atoms with Gasteiger partial charge in [-0.2, -0.15) is 27.2 Å². The van der Waals surface area contributed by atoms with Gasteiger partial charge in [-0.1, -0.05) is 0 Å². The summed E-state index contributed by atoms with van der Waals surface area (Å²) in [5, 5.41) is 8.82. The number of thioether (sulfide) groups is 1. The molecule has 0 aliphatic carbocycles. The minimum atomic E-state index is -4.79. The second-order valence-corrected chi connectivity index (χ2v) is 4.45. The number of carbonyl (C=O) groups excluding carboxylic acids is 1. The number of hydrogen-bond acceptors (Lipinski definition) is 5. The quantitative estimate of drug-likeness (QED) is 0.481. The van der Waals surface area contributed by atoms with Gasteiger partial charge in [0.05, 0.1) is 17.6 Å². The number of methoxy groups -OCH3 is 1. The Kier molecular flexibility index (Phi) is 5.37. The van der Waals surface area contributed by atoms with E-state index in [4.69, 9.17) is 5.26 Å². The number of benzene rings is 1. The zero-order valence-corrected chi connectivity index (χ0v) is 11.0. The van der Waals surface area contributed by atoms with E-state index in [2.05, 4.69) is 9.47 Å². The van der Waals surface area contributed by atoms with Crippen LogP contribution in [0.15, 0.2) is 17.0 Å². The third kappa shape index (κ3) is 4.49. The van der Waals surface area contributed by atoms with Gasteiger partial charge in [0.15, 0.2) is 5.75 Å². The van der Waals surface area contributed by atoms with Crippen LogP contribution in [0.2, 0.25) is 0 Å². The molecule has 0 atom stereocenters. The van der Waals surface area contributed by atoms with Gasteiger partial charge < -0.3 is 9.47 Å². The van der Waals surface area contributed by atoms with Gasteiger partial charge in [0.1, 0.15) is 11.6 Å². The molecule has 0 saturated carbocycles. The van der Waals surface area contributed by atoms with Gasteiger partial charge in [-0.05, 0) is 23.9 Å². The van der Waals surface area contributed by atoms with Crippen LogP contribution in [-0.4, -0.2) is 25.2 Å². The normalized spacial score (nSPS) is 11.1. The lowest BCUT2D eigenvalue weighted by Crippen LogP contribution is -2.13. The van der Waals surface area contributed by atoms with Gasteiger partial charge in [-0.15, -0.1) is 0 Å². The maximum absolute atomic E-state index is 12.4. The predicted molar refractivity (Wildman–Crippen MR) is 61.0 cm³/mol. The summed E-state index contributed by atoms with van der Waals surface area (Å²) in [7, 11) is 0.888. The van der Waals surface area contributed by atoms with Crippen LogP contribution in [0.4, 0.5) is 22.0 Å². The first-order valence-corrected chi connectivity index (χ1v) is 5.87. The van der Waals surface area contributed by atoms with E-state index in [0.29, 0.717) is 0 Å². The van der Waals surface area contributed by atoms with E-state index >= 15 is 0 Å². The van der Waals surface area contributed by atoms with Gasteiger partial charge >= 0.3 is 18.1 Å². The second-order valence-electron chi connectivity index (χ2n) is 3.35. The molecule has 1 rings (SSSR count). The smallest absolute Gasteiger partial charge is 0.446 e. The lowest BCUT2D eigenvalue weighted by molar-refractivity contribution is -0.0533. The molecule has 0 aromatic heterocycles. The van der Waals surface area contributed by atoms with Crippen molar-refractivity contribution in [1.82, 2.24) is 0 Å². The fourth-order valence-corrected chi connectivity index (χ4v) is 2.00. The summed E-state index contributed by atoms with van der Waals surface area (Å²) < 4.78 is 70.2. The van der Waals surface area contributed by atoms with Crippen LogP contribution >= 0.6 is 11.8 Å². The van der Waals surface area contributed by atoms with Crippen LogP contribution in [0, 0.1) is 11.3 Å². The molecule has 10 heteroatoms. The number of ether oxygens (including phenoxy) is 2. The summed E-state index contributed by atoms with van der Waals surface area (Å²) in [4.78, 5) is 10.7. The summed E-state index contributed by atoms with van der Waals surface area (Å²) >= 11 is -0.745. The Morgan fingerprint density at radius 3 is 2.43 bits per heavy atom. The summed E-state index contributed by atoms with van der Waals surface area (Å²) in [5.41, 5.74) is -6.01. The first kappa shape index (κ1) is 17.0. The van der Waals surface area contributed by atoms with Crippen molar-refractivity contribution in [1.29, 1.82) is 5.26 Å². The number of esters is 1. The van der Waals surface area contributed by atoms with Crippen molar-refractivity contribution in [2.45, 2.75) is 17.0 Å². The van der Waals surface area contributed by atoms with Gasteiger partial charge in [0.2, 0.25) is 0 Å². The second kappa shape index (κ2) is 6.62. The van der Waals surface area contributed by atoms with Crippen molar-refractivity contribution < 1.29 is 36.2 Å². The molecule has 0 unspecified atom stereocenters. The number of halogens is 5. The highest BCUT2D eigenvalue weighted by molar-refractivity contribution is 8.00. The Morgan fingerprint density at radius 1 is 1.38 bits per heavy atom. The molecule has 0 spiro atoms. The molecule has 4 nitrogen and oxygen atoms in total. The third-order valence-electron chi connectivity index (χ3n) is 2.06. The van der Waals surface area contributed by atoms with Crippen molar-refractivity contribution in [3.05, 3.63) is 23.3 Å². The van der Waals surface area contributed by atoms with Gasteiger partial charge in [0.25, 0.3) is 0 Å². The van der Waals surface area contributed by atoms with Crippen LogP contribution in [0.3, 0.4) is 0 Å². The molecule has 114 valence electrons. The minimum Gasteiger partial charge on any atom is -0.465 e. The van der Waals surface area contributed by atoms with Crippen LogP contribution in [-0.2, 0) is 4.74 Å². The molecule has 0 radical (unpaired) electrons. The first-order chi connectivity index (χ1) is 9.69. The van der Waals surface area contributed by atoms with E-state index in [1.54, 1.807) is 0 Å². The van der Waals surface area contributed by atoms with Crippen LogP contribution in [0.1, 0.15) is 15.9 Å². The molecular formula is C11H6F5NO3S. The number of carbonyl (C=O) groups is 1. The fourth-order valence-electron chi connectivity index (χ4n) is 1.37. The highest BCUT2D eigenvalue weighted by Gasteiger charge is 2.34. The van der Waals surface area contributed by atoms with Crippen LogP contribution in [0.25, 0.3) is 0 Å². The molecule has 21 heavy (non-hydrogen) atoms. The molecule has 0 N–H and O–H groups in total. The SMILES string of the molecule is COC(=O)c1c(C#N)ccc(SC(F)(F)F)c1OC(F)F. The van der Waals surface area contributed by atoms with Crippen molar-refractivity contribution in [2.75, 3.05) is 7.11 Å². The Morgan fingerprint density at radius 2 is 2.00 bits per heavy atom. The van der Waals surface area contributed by atoms with E-state index in [-0.39, 0.29) is 0 Å². The average molecular weight is 327 g/mol. The van der Waals surface area contributed by atoms with Crippen molar-refractivity contribution in [3.8, 4) is 11.8 Å². The summed E-state index contributed by atoms with van der Waals surface area (Å²) in [5.74, 6) is -2.30. The molecule has 1 aromatic rings. The summed E-state index contributed by atoms with van der Waals surface area (Å²) in [6.45, 7) is -3.48. The lowest BCUT2D eigenvalue weighted by atomic mass is 10.1. The maximum Gasteiger partial charge on any atom is 0.446 e. The molecular weight excluding hydrogens is 321 g/mol. The van der Waals surface area contributed by atoms with Crippen molar-refractivity contribution in [2.24, 2.45) is 0 Å². The van der Waals surface area contributed by atoms with E-state index in [0.717, 1.165) is 19.2 Å². The molecule has 0 fully saturated rings. The van der Waals surface area contributed by atoms with E-state index in [1.165, 1.54) is 6.07 Å². The topological polar surface area (TPSA) is 59.3 Å². The predicted octanol–water partition coefficient (Wildman–Crippen LogP) is 3.56. The van der Waals surface area contributed by atoms with Gasteiger partial charge in [-0.3, -0.25) is 0 Å². The van der Waals surface area contributed by atoms with Crippen molar-refractivity contribution in [3.63, 3.8) is 0 Å². The molecule has 0 bridgehead atoms. The largest absolute Gasteiger partial charge is 0.465 e. The highest BCUT2D eigenvalue weighted by Crippen LogP contribution is 2.44. The Bertz CT molecular complexity index is 582. The Balaban J connectivity index is 3.52. The first-order valence-electron chi connectivity index (χ1n) is 5.05. The van der Waals surface area contributed by atoms with Crippen LogP contribution in [0.5, 0.6) is 5.75 Å². The molecule has 0 heterocycles. The van der Waals surface area contributed by atoms with E-state index in [1.807, 2.05) is 0 Å². The van der Waals surface area contributed by atoms with Crippen LogP contribution < -0.4 is 4.74 Å². The zero-order chi connectivity index (χ0) is 16.2. The summed E-state index contributed by atoms with van der Waals surface area (Å²) in [6.07, 6.45) is 0. The Labute approximate surface area is 119 Å². The van der Waals surface area contributed by atoms with E-state index < -0.39 is 51.6 Å². The minimum absolute atomic E-state index is 0.441. The number of alkyl halides is 5. The molecule has 0 saturated heterocycles. The number of nitrogens with zero attached hydrogens (tertiary/aromatic N) is 1. The fraction of sp³-hybridized carbons (Fsp3) is 0.273. The number of nitriles is 1. The molecule has 0 amide bonds. The molecule has 0 aliphatic rings.